The number of fused-ring (bicyclic) bond motifs is 1. The Labute approximate surface area is 142 Å². The van der Waals surface area contributed by atoms with Gasteiger partial charge >= 0.3 is 0 Å². The normalized spacial score (nSPS) is 19.3. The average Bonchev–Trinajstić information content (AvgIpc) is 3.09. The molecule has 0 aromatic carbocycles. The Kier molecular flexibility index (Phi) is 4.13. The number of ether oxygens (including phenoxy) is 1. The third kappa shape index (κ3) is 2.91. The van der Waals surface area contributed by atoms with Gasteiger partial charge < -0.3 is 4.74 Å². The maximum absolute atomic E-state index is 12.3. The van der Waals surface area contributed by atoms with Crippen molar-refractivity contribution in [2.24, 2.45) is 5.41 Å². The number of anilines is 1. The lowest BCUT2D eigenvalue weighted by molar-refractivity contribution is -0.128. The van der Waals surface area contributed by atoms with E-state index in [2.05, 4.69) is 35.2 Å². The summed E-state index contributed by atoms with van der Waals surface area (Å²) >= 11 is 0. The van der Waals surface area contributed by atoms with Crippen molar-refractivity contribution in [3.8, 4) is 23.5 Å². The maximum Gasteiger partial charge on any atom is 0.257 e. The summed E-state index contributed by atoms with van der Waals surface area (Å²) in [6.07, 6.45) is 6.62. The molecule has 0 radical (unpaired) electrons. The fourth-order valence-electron chi connectivity index (χ4n) is 3.04. The summed E-state index contributed by atoms with van der Waals surface area (Å²) in [4.78, 5) is 18.2. The van der Waals surface area contributed by atoms with Gasteiger partial charge in [-0.15, -0.1) is 6.42 Å². The molecular formula is C20H20N2O2. The first kappa shape index (κ1) is 16.2. The third-order valence-corrected chi connectivity index (χ3v) is 4.31. The van der Waals surface area contributed by atoms with Crippen molar-refractivity contribution in [3.63, 3.8) is 0 Å². The van der Waals surface area contributed by atoms with E-state index in [0.29, 0.717) is 17.9 Å². The Morgan fingerprint density at radius 3 is 2.46 bits per heavy atom. The predicted octanol–water partition coefficient (Wildman–Crippen LogP) is 3.12. The molecule has 0 N–H and O–H groups in total. The number of benzene rings is 1. The number of terminal acetylenes is 1. The molecule has 4 rings (SSSR count). The minimum absolute atomic E-state index is 0.0855. The summed E-state index contributed by atoms with van der Waals surface area (Å²) in [5.41, 5.74) is 3.22. The molecule has 122 valence electrons. The summed E-state index contributed by atoms with van der Waals surface area (Å²) in [7, 11) is 1.55. The third-order valence-electron chi connectivity index (χ3n) is 4.31. The number of carbonyl (C=O) groups is 1. The fourth-order valence-corrected chi connectivity index (χ4v) is 3.04. The number of methoxy groups -OCH3 is 1. The van der Waals surface area contributed by atoms with Crippen molar-refractivity contribution in [2.45, 2.75) is 20.0 Å². The fraction of sp³-hybridized carbons (Fsp3) is 0.300. The summed E-state index contributed by atoms with van der Waals surface area (Å²) in [6, 6.07) is 12.0. The maximum atomic E-state index is 12.3. The lowest BCUT2D eigenvalue weighted by Gasteiger charge is -2.21. The largest absolute Gasteiger partial charge is 0.371 e. The number of rotatable bonds is 2. The molecule has 0 bridgehead atoms. The van der Waals surface area contributed by atoms with E-state index in [0.717, 1.165) is 0 Å². The van der Waals surface area contributed by atoms with Crippen molar-refractivity contribution in [3.05, 3.63) is 48.2 Å². The first-order chi connectivity index (χ1) is 11.5. The van der Waals surface area contributed by atoms with Crippen LogP contribution in [0.1, 0.15) is 19.4 Å². The van der Waals surface area contributed by atoms with Gasteiger partial charge in [0.25, 0.3) is 5.91 Å². The highest BCUT2D eigenvalue weighted by molar-refractivity contribution is 6.00. The molecular weight excluding hydrogens is 300 g/mol. The molecule has 4 nitrogen and oxygen atoms in total. The second-order valence-electron chi connectivity index (χ2n) is 6.63. The van der Waals surface area contributed by atoms with E-state index >= 15 is 0 Å². The van der Waals surface area contributed by atoms with E-state index in [9.17, 15) is 4.79 Å². The molecule has 1 atom stereocenters. The van der Waals surface area contributed by atoms with Crippen molar-refractivity contribution in [2.75, 3.05) is 18.6 Å². The van der Waals surface area contributed by atoms with Crippen molar-refractivity contribution in [1.82, 2.24) is 4.98 Å². The van der Waals surface area contributed by atoms with Crippen LogP contribution in [0.5, 0.6) is 0 Å². The van der Waals surface area contributed by atoms with Gasteiger partial charge in [0.2, 0.25) is 0 Å². The molecule has 2 heterocycles. The van der Waals surface area contributed by atoms with Gasteiger partial charge in [0.15, 0.2) is 5.82 Å². The van der Waals surface area contributed by atoms with Crippen molar-refractivity contribution < 1.29 is 9.53 Å². The lowest BCUT2D eigenvalue weighted by atomic mass is 9.90. The van der Waals surface area contributed by atoms with Gasteiger partial charge in [-0.05, 0) is 29.3 Å². The molecule has 1 aliphatic heterocycles. The molecule has 1 saturated heterocycles. The Bertz CT molecular complexity index is 803. The van der Waals surface area contributed by atoms with Crippen LogP contribution in [0.25, 0.3) is 11.1 Å². The monoisotopic (exact) mass is 320 g/mol. The van der Waals surface area contributed by atoms with Gasteiger partial charge in [-0.25, -0.2) is 4.98 Å². The van der Waals surface area contributed by atoms with Gasteiger partial charge in [-0.2, -0.15) is 0 Å². The molecule has 1 aromatic rings. The van der Waals surface area contributed by atoms with E-state index in [1.165, 1.54) is 11.1 Å². The smallest absolute Gasteiger partial charge is 0.257 e. The minimum Gasteiger partial charge on any atom is -0.371 e. The quantitative estimate of drug-likeness (QED) is 0.681. The van der Waals surface area contributed by atoms with Crippen LogP contribution in [0, 0.1) is 17.8 Å². The van der Waals surface area contributed by atoms with E-state index < -0.39 is 6.10 Å². The van der Waals surface area contributed by atoms with Crippen LogP contribution >= 0.6 is 0 Å². The zero-order valence-electron chi connectivity index (χ0n) is 14.1. The number of nitrogens with zero attached hydrogens (tertiary/aromatic N) is 2. The molecule has 4 heteroatoms. The molecule has 1 amide bonds. The van der Waals surface area contributed by atoms with E-state index in [1.54, 1.807) is 30.3 Å². The Morgan fingerprint density at radius 2 is 2.00 bits per heavy atom. The summed E-state index contributed by atoms with van der Waals surface area (Å²) in [6.45, 7) is 4.55. The van der Waals surface area contributed by atoms with Crippen LogP contribution < -0.4 is 4.90 Å². The van der Waals surface area contributed by atoms with Gasteiger partial charge in [-0.3, -0.25) is 9.69 Å². The highest BCUT2D eigenvalue weighted by Crippen LogP contribution is 2.35. The number of amides is 1. The molecule has 2 aliphatic carbocycles. The second-order valence-corrected chi connectivity index (χ2v) is 6.63. The Morgan fingerprint density at radius 1 is 1.29 bits per heavy atom. The van der Waals surface area contributed by atoms with E-state index in [4.69, 9.17) is 11.2 Å². The van der Waals surface area contributed by atoms with Gasteiger partial charge in [-0.1, -0.05) is 38.0 Å². The summed E-state index contributed by atoms with van der Waals surface area (Å²) in [5, 5.41) is 0. The number of aromatic nitrogens is 1. The number of hydrogen-bond acceptors (Lipinski definition) is 3. The highest BCUT2D eigenvalue weighted by Gasteiger charge is 2.47. The second kappa shape index (κ2) is 6.10. The van der Waals surface area contributed by atoms with Crippen molar-refractivity contribution >= 4 is 11.7 Å². The molecule has 1 fully saturated rings. The zero-order valence-corrected chi connectivity index (χ0v) is 14.1. The Hall–Kier alpha value is -2.64. The number of pyridine rings is 1. The minimum atomic E-state index is -0.454. The standard InChI is InChI=1S/C14H16N2O2.C6H4/c1-5-10-7-6-8-15-12(10)16-9-14(2,3)11(18-4)13(16)17;1-2-5-4-6(5)3-1/h1,6-8,11H,9H2,2-4H3;1-4H. The molecule has 0 saturated carbocycles. The van der Waals surface area contributed by atoms with Gasteiger partial charge in [0.1, 0.15) is 6.10 Å². The Balaban J connectivity index is 0.000000231. The highest BCUT2D eigenvalue weighted by atomic mass is 16.5. The number of carbonyl (C=O) groups excluding carboxylic acids is 1. The molecule has 3 aliphatic rings. The molecule has 0 spiro atoms. The van der Waals surface area contributed by atoms with Crippen LogP contribution in [-0.2, 0) is 9.53 Å². The SMILES string of the molecule is C#Cc1cccnc1N1CC(C)(C)C(OC)C1=O.c1cc2cc-2c1. The number of hydrogen-bond donors (Lipinski definition) is 0. The first-order valence-electron chi connectivity index (χ1n) is 7.84. The van der Waals surface area contributed by atoms with Crippen LogP contribution in [0.2, 0.25) is 0 Å². The van der Waals surface area contributed by atoms with E-state index in [-0.39, 0.29) is 11.3 Å². The summed E-state index contributed by atoms with van der Waals surface area (Å²) < 4.78 is 5.29. The van der Waals surface area contributed by atoms with Crippen molar-refractivity contribution in [1.29, 1.82) is 0 Å². The molecule has 1 aromatic heterocycles. The first-order valence-corrected chi connectivity index (χ1v) is 7.84. The lowest BCUT2D eigenvalue weighted by Crippen LogP contribution is -2.33. The van der Waals surface area contributed by atoms with E-state index in [1.807, 2.05) is 13.8 Å². The van der Waals surface area contributed by atoms with Crippen LogP contribution in [0.4, 0.5) is 5.82 Å². The van der Waals surface area contributed by atoms with Crippen LogP contribution in [-0.4, -0.2) is 30.6 Å². The summed E-state index contributed by atoms with van der Waals surface area (Å²) in [5.74, 6) is 3.01. The zero-order chi connectivity index (χ0) is 17.3. The van der Waals surface area contributed by atoms with Crippen LogP contribution in [0.15, 0.2) is 42.6 Å². The predicted molar refractivity (Wildman–Crippen MR) is 94.5 cm³/mol. The topological polar surface area (TPSA) is 42.4 Å². The van der Waals surface area contributed by atoms with Crippen LogP contribution in [0.3, 0.4) is 0 Å². The van der Waals surface area contributed by atoms with Gasteiger partial charge in [0, 0.05) is 25.3 Å². The molecule has 1 unspecified atom stereocenters. The van der Waals surface area contributed by atoms with Gasteiger partial charge in [0.05, 0.1) is 5.56 Å². The molecule has 24 heavy (non-hydrogen) atoms. The average molecular weight is 320 g/mol.